The fourth-order valence-electron chi connectivity index (χ4n) is 1.89. The summed E-state index contributed by atoms with van der Waals surface area (Å²) in [5, 5.41) is 0. The number of ether oxygens (including phenoxy) is 2. The Hall–Kier alpha value is -0.310. The molecule has 0 aliphatic heterocycles. The van der Waals surface area contributed by atoms with E-state index in [2.05, 4.69) is 6.92 Å². The van der Waals surface area contributed by atoms with E-state index in [-0.39, 0.29) is 0 Å². The fourth-order valence-corrected chi connectivity index (χ4v) is 2.42. The van der Waals surface area contributed by atoms with E-state index in [0.29, 0.717) is 30.9 Å². The minimum atomic E-state index is 0.379. The Morgan fingerprint density at radius 3 is 1.76 bits per heavy atom. The molecule has 0 fully saturated rings. The lowest BCUT2D eigenvalue weighted by Crippen LogP contribution is -2.04. The maximum absolute atomic E-state index is 6.01. The molecule has 0 atom stereocenters. The molecule has 0 saturated carbocycles. The van der Waals surface area contributed by atoms with Gasteiger partial charge in [-0.2, -0.15) is 0 Å². The number of hydrogen-bond donors (Lipinski definition) is 0. The molecule has 0 radical (unpaired) electrons. The molecule has 0 aliphatic carbocycles. The van der Waals surface area contributed by atoms with Crippen LogP contribution in [0.2, 0.25) is 0 Å². The maximum atomic E-state index is 6.01. The second kappa shape index (κ2) is 11.3. The molecule has 0 saturated heterocycles. The highest BCUT2D eigenvalue weighted by molar-refractivity contribution is 6.18. The fraction of sp³-hybridized carbons (Fsp3) is 0.625. The van der Waals surface area contributed by atoms with Crippen LogP contribution in [0.3, 0.4) is 0 Å². The Balaban J connectivity index is 2.78. The zero-order valence-electron chi connectivity index (χ0n) is 12.5. The summed E-state index contributed by atoms with van der Waals surface area (Å²) in [6.07, 6.45) is 4.18. The van der Waals surface area contributed by atoms with Crippen molar-refractivity contribution in [1.82, 2.24) is 0 Å². The summed E-state index contributed by atoms with van der Waals surface area (Å²) in [5.74, 6) is 2.92. The lowest BCUT2D eigenvalue weighted by molar-refractivity contribution is 0.298. The second-order valence-corrected chi connectivity index (χ2v) is 5.69. The third kappa shape index (κ3) is 6.54. The molecule has 120 valence electrons. The van der Waals surface area contributed by atoms with Crippen molar-refractivity contribution in [3.8, 4) is 11.5 Å². The number of rotatable bonds is 11. The standard InChI is InChI=1S/C16H23Cl3O2/c1-2-3-4-7-20-15-9-14(12-19)16(10-13(15)11-18)21-8-5-6-17/h9-10H,2-8,11-12H2,1H3. The SMILES string of the molecule is CCCCCOc1cc(CCl)c(OCCCCl)cc1CCl. The first-order valence-electron chi connectivity index (χ1n) is 7.36. The Morgan fingerprint density at radius 2 is 1.33 bits per heavy atom. The zero-order valence-corrected chi connectivity index (χ0v) is 14.7. The number of alkyl halides is 3. The molecule has 0 N–H and O–H groups in total. The largest absolute Gasteiger partial charge is 0.493 e. The van der Waals surface area contributed by atoms with Crippen molar-refractivity contribution in [3.63, 3.8) is 0 Å². The summed E-state index contributed by atoms with van der Waals surface area (Å²) in [5.41, 5.74) is 1.86. The summed E-state index contributed by atoms with van der Waals surface area (Å²) < 4.78 is 11.6. The van der Waals surface area contributed by atoms with E-state index in [1.54, 1.807) is 0 Å². The van der Waals surface area contributed by atoms with Gasteiger partial charge >= 0.3 is 0 Å². The van der Waals surface area contributed by atoms with Gasteiger partial charge in [-0.3, -0.25) is 0 Å². The maximum Gasteiger partial charge on any atom is 0.124 e. The Bertz CT molecular complexity index is 411. The van der Waals surface area contributed by atoms with E-state index in [1.165, 1.54) is 6.42 Å². The molecule has 0 heterocycles. The molecule has 5 heteroatoms. The van der Waals surface area contributed by atoms with E-state index in [1.807, 2.05) is 12.1 Å². The zero-order chi connectivity index (χ0) is 15.5. The van der Waals surface area contributed by atoms with Crippen LogP contribution in [-0.2, 0) is 11.8 Å². The summed E-state index contributed by atoms with van der Waals surface area (Å²) in [4.78, 5) is 0. The molecule has 0 aromatic heterocycles. The van der Waals surface area contributed by atoms with Gasteiger partial charge in [0.05, 0.1) is 25.0 Å². The minimum absolute atomic E-state index is 0.379. The van der Waals surface area contributed by atoms with Crippen LogP contribution >= 0.6 is 34.8 Å². The molecular weight excluding hydrogens is 331 g/mol. The van der Waals surface area contributed by atoms with Crippen LogP contribution in [-0.4, -0.2) is 19.1 Å². The van der Waals surface area contributed by atoms with Crippen LogP contribution in [0.5, 0.6) is 11.5 Å². The van der Waals surface area contributed by atoms with Gasteiger partial charge in [-0.05, 0) is 25.0 Å². The highest BCUT2D eigenvalue weighted by Crippen LogP contribution is 2.31. The summed E-state index contributed by atoms with van der Waals surface area (Å²) in [6.45, 7) is 3.44. The molecule has 2 nitrogen and oxygen atoms in total. The van der Waals surface area contributed by atoms with Crippen LogP contribution in [0.15, 0.2) is 12.1 Å². The van der Waals surface area contributed by atoms with Gasteiger partial charge in [-0.15, -0.1) is 34.8 Å². The van der Waals surface area contributed by atoms with E-state index in [4.69, 9.17) is 44.3 Å². The van der Waals surface area contributed by atoms with Gasteiger partial charge in [0, 0.05) is 17.0 Å². The molecule has 0 amide bonds. The molecular formula is C16H23Cl3O2. The van der Waals surface area contributed by atoms with Crippen molar-refractivity contribution >= 4 is 34.8 Å². The van der Waals surface area contributed by atoms with Crippen molar-refractivity contribution < 1.29 is 9.47 Å². The van der Waals surface area contributed by atoms with Crippen LogP contribution in [0.4, 0.5) is 0 Å². The second-order valence-electron chi connectivity index (χ2n) is 4.78. The first-order chi connectivity index (χ1) is 10.3. The Morgan fingerprint density at radius 1 is 0.810 bits per heavy atom. The minimum Gasteiger partial charge on any atom is -0.493 e. The molecule has 1 aromatic carbocycles. The molecule has 21 heavy (non-hydrogen) atoms. The summed E-state index contributed by atoms with van der Waals surface area (Å²) in [7, 11) is 0. The van der Waals surface area contributed by atoms with E-state index < -0.39 is 0 Å². The van der Waals surface area contributed by atoms with Gasteiger partial charge in [0.2, 0.25) is 0 Å². The quantitative estimate of drug-likeness (QED) is 0.373. The van der Waals surface area contributed by atoms with Crippen LogP contribution in [0.25, 0.3) is 0 Å². The average Bonchev–Trinajstić information content (AvgIpc) is 2.52. The summed E-state index contributed by atoms with van der Waals surface area (Å²) in [6, 6.07) is 3.86. The molecule has 0 spiro atoms. The third-order valence-corrected chi connectivity index (χ3v) is 3.92. The highest BCUT2D eigenvalue weighted by Gasteiger charge is 2.11. The molecule has 1 rings (SSSR count). The summed E-state index contributed by atoms with van der Waals surface area (Å²) >= 11 is 17.7. The van der Waals surface area contributed by atoms with Crippen LogP contribution in [0, 0.1) is 0 Å². The van der Waals surface area contributed by atoms with Crippen molar-refractivity contribution in [2.75, 3.05) is 19.1 Å². The molecule has 0 unspecified atom stereocenters. The first-order valence-corrected chi connectivity index (χ1v) is 8.96. The van der Waals surface area contributed by atoms with Crippen molar-refractivity contribution in [1.29, 1.82) is 0 Å². The Labute approximate surface area is 142 Å². The van der Waals surface area contributed by atoms with Crippen molar-refractivity contribution in [3.05, 3.63) is 23.3 Å². The number of unbranched alkanes of at least 4 members (excludes halogenated alkanes) is 2. The number of halogens is 3. The highest BCUT2D eigenvalue weighted by atomic mass is 35.5. The first kappa shape index (κ1) is 18.7. The van der Waals surface area contributed by atoms with Crippen molar-refractivity contribution in [2.24, 2.45) is 0 Å². The van der Waals surface area contributed by atoms with Gasteiger partial charge in [0.15, 0.2) is 0 Å². The topological polar surface area (TPSA) is 18.5 Å². The van der Waals surface area contributed by atoms with Crippen LogP contribution in [0.1, 0.15) is 43.7 Å². The predicted molar refractivity (Wildman–Crippen MR) is 91.4 cm³/mol. The predicted octanol–water partition coefficient (Wildman–Crippen LogP) is 5.74. The number of hydrogen-bond acceptors (Lipinski definition) is 2. The van der Waals surface area contributed by atoms with Crippen LogP contribution < -0.4 is 9.47 Å². The lowest BCUT2D eigenvalue weighted by atomic mass is 10.1. The third-order valence-electron chi connectivity index (χ3n) is 3.07. The average molecular weight is 354 g/mol. The molecule has 0 aliphatic rings. The van der Waals surface area contributed by atoms with Gasteiger partial charge < -0.3 is 9.47 Å². The van der Waals surface area contributed by atoms with Gasteiger partial charge in [-0.25, -0.2) is 0 Å². The van der Waals surface area contributed by atoms with E-state index in [9.17, 15) is 0 Å². The number of benzene rings is 1. The Kier molecular flexibility index (Phi) is 10.1. The molecule has 0 bridgehead atoms. The van der Waals surface area contributed by atoms with Crippen molar-refractivity contribution in [2.45, 2.75) is 44.4 Å². The van der Waals surface area contributed by atoms with Gasteiger partial charge in [0.25, 0.3) is 0 Å². The smallest absolute Gasteiger partial charge is 0.124 e. The van der Waals surface area contributed by atoms with E-state index >= 15 is 0 Å². The normalized spacial score (nSPS) is 10.7. The molecule has 1 aromatic rings. The van der Waals surface area contributed by atoms with Gasteiger partial charge in [0.1, 0.15) is 11.5 Å². The lowest BCUT2D eigenvalue weighted by Gasteiger charge is -2.15. The monoisotopic (exact) mass is 352 g/mol. The van der Waals surface area contributed by atoms with E-state index in [0.717, 1.165) is 41.9 Å². The van der Waals surface area contributed by atoms with Gasteiger partial charge in [-0.1, -0.05) is 19.8 Å².